The maximum absolute atomic E-state index is 9.58. The van der Waals surface area contributed by atoms with E-state index >= 15 is 0 Å². The van der Waals surface area contributed by atoms with Crippen LogP contribution in [0.25, 0.3) is 0 Å². The van der Waals surface area contributed by atoms with Gasteiger partial charge in [-0.15, -0.1) is 0 Å². The maximum Gasteiger partial charge on any atom is 0.124 e. The first-order chi connectivity index (χ1) is 13.8. The molecule has 0 unspecified atom stereocenters. The van der Waals surface area contributed by atoms with Gasteiger partial charge in [0.25, 0.3) is 0 Å². The molecule has 2 fully saturated rings. The van der Waals surface area contributed by atoms with Gasteiger partial charge in [0.1, 0.15) is 5.75 Å². The summed E-state index contributed by atoms with van der Waals surface area (Å²) < 4.78 is 6.34. The zero-order chi connectivity index (χ0) is 19.2. The van der Waals surface area contributed by atoms with Crippen LogP contribution in [0.3, 0.4) is 0 Å². The van der Waals surface area contributed by atoms with Gasteiger partial charge in [-0.05, 0) is 60.6 Å². The highest BCUT2D eigenvalue weighted by atomic mass is 32.1. The molecule has 2 aromatic rings. The normalized spacial score (nSPS) is 22.0. The number of rotatable bonds is 8. The molecule has 1 saturated heterocycles. The second kappa shape index (κ2) is 9.88. The molecule has 1 N–H and O–H groups in total. The largest absolute Gasteiger partial charge is 0.490 e. The van der Waals surface area contributed by atoms with E-state index in [-0.39, 0.29) is 6.61 Å². The zero-order valence-corrected chi connectivity index (χ0v) is 17.4. The lowest BCUT2D eigenvalue weighted by Crippen LogP contribution is -2.52. The van der Waals surface area contributed by atoms with Crippen LogP contribution in [-0.4, -0.2) is 53.3 Å². The highest BCUT2D eigenvalue weighted by Gasteiger charge is 2.27. The SMILES string of the molecule is OCC[C@H]1CN(Cc2ccccc2OC2CCCC2)CCN1Cc1ccsc1. The molecule has 0 amide bonds. The molecule has 1 aliphatic carbocycles. The Hall–Kier alpha value is -1.40. The van der Waals surface area contributed by atoms with Crippen LogP contribution in [0.2, 0.25) is 0 Å². The predicted molar refractivity (Wildman–Crippen MR) is 115 cm³/mol. The molecule has 28 heavy (non-hydrogen) atoms. The first kappa shape index (κ1) is 19.9. The van der Waals surface area contributed by atoms with Gasteiger partial charge in [-0.2, -0.15) is 11.3 Å². The van der Waals surface area contributed by atoms with Crippen molar-refractivity contribution in [3.63, 3.8) is 0 Å². The molecule has 1 aromatic carbocycles. The molecule has 1 saturated carbocycles. The maximum atomic E-state index is 9.58. The zero-order valence-electron chi connectivity index (χ0n) is 16.6. The van der Waals surface area contributed by atoms with Crippen molar-refractivity contribution in [3.8, 4) is 5.75 Å². The summed E-state index contributed by atoms with van der Waals surface area (Å²) >= 11 is 1.76. The standard InChI is InChI=1S/C23H32N2O2S/c26-13-9-21-17-24(11-12-25(21)15-19-10-14-28-18-19)16-20-5-1-4-8-23(20)27-22-6-2-3-7-22/h1,4-5,8,10,14,18,21-22,26H,2-3,6-7,9,11-13,15-17H2/t21-/m0/s1. The molecule has 1 aromatic heterocycles. The second-order valence-electron chi connectivity index (χ2n) is 8.14. The molecule has 4 rings (SSSR count). The van der Waals surface area contributed by atoms with Gasteiger partial charge in [-0.25, -0.2) is 0 Å². The summed E-state index contributed by atoms with van der Waals surface area (Å²) in [4.78, 5) is 5.07. The van der Waals surface area contributed by atoms with Crippen LogP contribution in [0, 0.1) is 0 Å². The molecule has 1 aliphatic heterocycles. The van der Waals surface area contributed by atoms with Gasteiger partial charge in [0.2, 0.25) is 0 Å². The number of benzene rings is 1. The summed E-state index contributed by atoms with van der Waals surface area (Å²) in [6.07, 6.45) is 6.19. The Morgan fingerprint density at radius 2 is 1.93 bits per heavy atom. The fourth-order valence-corrected chi connectivity index (χ4v) is 5.18. The minimum atomic E-state index is 0.250. The molecule has 5 heteroatoms. The van der Waals surface area contributed by atoms with E-state index in [4.69, 9.17) is 4.74 Å². The van der Waals surface area contributed by atoms with Crippen LogP contribution < -0.4 is 4.74 Å². The predicted octanol–water partition coefficient (Wildman–Crippen LogP) is 4.14. The number of hydrogen-bond donors (Lipinski definition) is 1. The number of nitrogens with zero attached hydrogens (tertiary/aromatic N) is 2. The van der Waals surface area contributed by atoms with E-state index in [0.29, 0.717) is 12.1 Å². The van der Waals surface area contributed by atoms with Crippen molar-refractivity contribution in [1.82, 2.24) is 9.80 Å². The molecule has 2 heterocycles. The van der Waals surface area contributed by atoms with Crippen LogP contribution in [-0.2, 0) is 13.1 Å². The lowest BCUT2D eigenvalue weighted by atomic mass is 10.1. The fraction of sp³-hybridized carbons (Fsp3) is 0.565. The molecular formula is C23H32N2O2S. The average Bonchev–Trinajstić information content (AvgIpc) is 3.40. The number of ether oxygens (including phenoxy) is 1. The van der Waals surface area contributed by atoms with Crippen molar-refractivity contribution in [1.29, 1.82) is 0 Å². The van der Waals surface area contributed by atoms with E-state index in [9.17, 15) is 5.11 Å². The van der Waals surface area contributed by atoms with Crippen molar-refractivity contribution >= 4 is 11.3 Å². The minimum Gasteiger partial charge on any atom is -0.490 e. The van der Waals surface area contributed by atoms with Gasteiger partial charge < -0.3 is 9.84 Å². The van der Waals surface area contributed by atoms with Crippen molar-refractivity contribution in [2.24, 2.45) is 0 Å². The molecule has 152 valence electrons. The van der Waals surface area contributed by atoms with Gasteiger partial charge in [-0.1, -0.05) is 18.2 Å². The Kier molecular flexibility index (Phi) is 7.02. The van der Waals surface area contributed by atoms with Gasteiger partial charge in [0.15, 0.2) is 0 Å². The topological polar surface area (TPSA) is 35.9 Å². The molecule has 0 radical (unpaired) electrons. The third-order valence-electron chi connectivity index (χ3n) is 6.08. The van der Waals surface area contributed by atoms with Crippen molar-refractivity contribution < 1.29 is 9.84 Å². The number of para-hydroxylation sites is 1. The van der Waals surface area contributed by atoms with E-state index in [1.807, 2.05) is 0 Å². The van der Waals surface area contributed by atoms with Crippen LogP contribution >= 0.6 is 11.3 Å². The van der Waals surface area contributed by atoms with E-state index in [2.05, 4.69) is 50.9 Å². The summed E-state index contributed by atoms with van der Waals surface area (Å²) in [6, 6.07) is 11.2. The highest BCUT2D eigenvalue weighted by Crippen LogP contribution is 2.28. The van der Waals surface area contributed by atoms with E-state index in [1.54, 1.807) is 11.3 Å². The number of piperazine rings is 1. The lowest BCUT2D eigenvalue weighted by molar-refractivity contribution is 0.0493. The van der Waals surface area contributed by atoms with E-state index in [0.717, 1.165) is 44.9 Å². The van der Waals surface area contributed by atoms with Gasteiger partial charge in [0.05, 0.1) is 6.10 Å². The molecule has 2 aliphatic rings. The number of aliphatic hydroxyl groups excluding tert-OH is 1. The molecule has 0 spiro atoms. The molecule has 1 atom stereocenters. The van der Waals surface area contributed by atoms with E-state index in [1.165, 1.54) is 36.8 Å². The first-order valence-corrected chi connectivity index (χ1v) is 11.6. The Morgan fingerprint density at radius 3 is 2.71 bits per heavy atom. The lowest BCUT2D eigenvalue weighted by Gasteiger charge is -2.41. The number of hydrogen-bond acceptors (Lipinski definition) is 5. The summed E-state index contributed by atoms with van der Waals surface area (Å²) in [5, 5.41) is 14.0. The second-order valence-corrected chi connectivity index (χ2v) is 8.92. The van der Waals surface area contributed by atoms with Crippen molar-refractivity contribution in [3.05, 3.63) is 52.2 Å². The van der Waals surface area contributed by atoms with Gasteiger partial charge in [-0.3, -0.25) is 9.80 Å². The van der Waals surface area contributed by atoms with Crippen LogP contribution in [0.1, 0.15) is 43.2 Å². The third kappa shape index (κ3) is 5.15. The van der Waals surface area contributed by atoms with Gasteiger partial charge in [0, 0.05) is 50.9 Å². The third-order valence-corrected chi connectivity index (χ3v) is 6.81. The van der Waals surface area contributed by atoms with Crippen molar-refractivity contribution in [2.45, 2.75) is 57.3 Å². The van der Waals surface area contributed by atoms with Crippen LogP contribution in [0.5, 0.6) is 5.75 Å². The van der Waals surface area contributed by atoms with Crippen LogP contribution in [0.15, 0.2) is 41.1 Å². The highest BCUT2D eigenvalue weighted by molar-refractivity contribution is 7.07. The monoisotopic (exact) mass is 400 g/mol. The summed E-state index contributed by atoms with van der Waals surface area (Å²) in [5.41, 5.74) is 2.68. The fourth-order valence-electron chi connectivity index (χ4n) is 4.53. The van der Waals surface area contributed by atoms with Crippen molar-refractivity contribution in [2.75, 3.05) is 26.2 Å². The Morgan fingerprint density at radius 1 is 1.07 bits per heavy atom. The Balaban J connectivity index is 1.39. The molecule has 4 nitrogen and oxygen atoms in total. The molecular weight excluding hydrogens is 368 g/mol. The summed E-state index contributed by atoms with van der Waals surface area (Å²) in [7, 11) is 0. The van der Waals surface area contributed by atoms with E-state index < -0.39 is 0 Å². The number of aliphatic hydroxyl groups is 1. The Labute approximate surface area is 172 Å². The summed E-state index contributed by atoms with van der Waals surface area (Å²) in [6.45, 7) is 5.28. The van der Waals surface area contributed by atoms with Gasteiger partial charge >= 0.3 is 0 Å². The Bertz CT molecular complexity index is 715. The van der Waals surface area contributed by atoms with Crippen LogP contribution in [0.4, 0.5) is 0 Å². The number of thiophene rings is 1. The average molecular weight is 401 g/mol. The minimum absolute atomic E-state index is 0.250. The molecule has 0 bridgehead atoms. The smallest absolute Gasteiger partial charge is 0.124 e. The first-order valence-electron chi connectivity index (χ1n) is 10.6. The quantitative estimate of drug-likeness (QED) is 0.722. The summed E-state index contributed by atoms with van der Waals surface area (Å²) in [5.74, 6) is 1.06.